The van der Waals surface area contributed by atoms with Gasteiger partial charge in [-0.25, -0.2) is 8.42 Å². The number of ether oxygens (including phenoxy) is 1. The van der Waals surface area contributed by atoms with Gasteiger partial charge in [-0.05, 0) is 17.5 Å². The third-order valence-corrected chi connectivity index (χ3v) is 6.81. The molecule has 1 aromatic carbocycles. The summed E-state index contributed by atoms with van der Waals surface area (Å²) in [7, 11) is -2.42. The van der Waals surface area contributed by atoms with E-state index in [2.05, 4.69) is 17.4 Å². The fourth-order valence-electron chi connectivity index (χ4n) is 1.98. The second-order valence-corrected chi connectivity index (χ2v) is 8.71. The van der Waals surface area contributed by atoms with Crippen molar-refractivity contribution in [2.75, 3.05) is 7.11 Å². The highest BCUT2D eigenvalue weighted by Crippen LogP contribution is 2.34. The Morgan fingerprint density at radius 3 is 2.19 bits per heavy atom. The summed E-state index contributed by atoms with van der Waals surface area (Å²) in [6.45, 7) is 5.69. The molecule has 0 aliphatic carbocycles. The first-order valence-corrected chi connectivity index (χ1v) is 8.71. The van der Waals surface area contributed by atoms with E-state index in [4.69, 9.17) is 0 Å². The molecule has 0 saturated heterocycles. The minimum absolute atomic E-state index is 0.196. The lowest BCUT2D eigenvalue weighted by Crippen LogP contribution is -2.40. The van der Waals surface area contributed by atoms with Crippen molar-refractivity contribution in [3.63, 3.8) is 0 Å². The molecule has 0 amide bonds. The second-order valence-electron chi connectivity index (χ2n) is 5.99. The Hall–Kier alpha value is -1.01. The van der Waals surface area contributed by atoms with Gasteiger partial charge in [0.05, 0.1) is 23.7 Å². The molecule has 2 unspecified atom stereocenters. The molecule has 0 N–H and O–H groups in total. The van der Waals surface area contributed by atoms with Crippen LogP contribution in [0.1, 0.15) is 27.2 Å². The van der Waals surface area contributed by atoms with Crippen LogP contribution in [0.5, 0.6) is 0 Å². The summed E-state index contributed by atoms with van der Waals surface area (Å²) < 4.78 is 30.3. The first-order valence-electron chi connectivity index (χ1n) is 6.64. The molecule has 6 heteroatoms. The lowest BCUT2D eigenvalue weighted by atomic mass is 9.88. The van der Waals surface area contributed by atoms with Crippen molar-refractivity contribution in [3.8, 4) is 0 Å². The number of thiol groups is 1. The second kappa shape index (κ2) is 6.83. The van der Waals surface area contributed by atoms with Crippen molar-refractivity contribution >= 4 is 28.4 Å². The van der Waals surface area contributed by atoms with E-state index in [9.17, 15) is 13.2 Å². The lowest BCUT2D eigenvalue weighted by Gasteiger charge is -2.32. The smallest absolute Gasteiger partial charge is 0.306 e. The molecular weight excluding hydrogens is 308 g/mol. The van der Waals surface area contributed by atoms with Gasteiger partial charge < -0.3 is 4.74 Å². The molecule has 1 rings (SSSR count). The van der Waals surface area contributed by atoms with E-state index in [0.717, 1.165) is 0 Å². The number of rotatable bonds is 5. The Kier molecular flexibility index (Phi) is 5.87. The highest BCUT2D eigenvalue weighted by molar-refractivity contribution is 7.93. The number of carbonyl (C=O) groups is 1. The molecule has 0 saturated carbocycles. The van der Waals surface area contributed by atoms with Crippen LogP contribution in [-0.2, 0) is 19.4 Å². The third kappa shape index (κ3) is 4.48. The highest BCUT2D eigenvalue weighted by Gasteiger charge is 2.40. The normalized spacial score (nSPS) is 15.3. The van der Waals surface area contributed by atoms with Gasteiger partial charge >= 0.3 is 5.97 Å². The van der Waals surface area contributed by atoms with E-state index in [1.165, 1.54) is 19.2 Å². The van der Waals surface area contributed by atoms with Crippen LogP contribution < -0.4 is 0 Å². The van der Waals surface area contributed by atoms with E-state index >= 15 is 0 Å². The van der Waals surface area contributed by atoms with Gasteiger partial charge in [0.25, 0.3) is 0 Å². The molecule has 0 aliphatic rings. The van der Waals surface area contributed by atoms with Crippen molar-refractivity contribution in [1.82, 2.24) is 0 Å². The Morgan fingerprint density at radius 2 is 1.76 bits per heavy atom. The van der Waals surface area contributed by atoms with Crippen LogP contribution in [0, 0.1) is 5.41 Å². The zero-order valence-electron chi connectivity index (χ0n) is 12.7. The first-order chi connectivity index (χ1) is 9.60. The average Bonchev–Trinajstić information content (AvgIpc) is 2.43. The summed E-state index contributed by atoms with van der Waals surface area (Å²) in [5.41, 5.74) is -0.371. The predicted octanol–water partition coefficient (Wildman–Crippen LogP) is 2.74. The van der Waals surface area contributed by atoms with E-state index < -0.39 is 26.3 Å². The maximum atomic E-state index is 12.8. The summed E-state index contributed by atoms with van der Waals surface area (Å²) >= 11 is 4.48. The molecular formula is C15H22O4S2. The number of sulfone groups is 1. The summed E-state index contributed by atoms with van der Waals surface area (Å²) in [5.74, 6) is -0.553. The molecule has 0 aromatic heterocycles. The van der Waals surface area contributed by atoms with Gasteiger partial charge in [-0.1, -0.05) is 39.0 Å². The predicted molar refractivity (Wildman–Crippen MR) is 86.3 cm³/mol. The fraction of sp³-hybridized carbons (Fsp3) is 0.533. The van der Waals surface area contributed by atoms with E-state index in [1.54, 1.807) is 18.2 Å². The van der Waals surface area contributed by atoms with Crippen molar-refractivity contribution in [1.29, 1.82) is 0 Å². The van der Waals surface area contributed by atoms with E-state index in [1.807, 2.05) is 20.8 Å². The summed E-state index contributed by atoms with van der Waals surface area (Å²) in [5, 5.41) is -1.43. The summed E-state index contributed by atoms with van der Waals surface area (Å²) in [6.07, 6.45) is -0.209. The van der Waals surface area contributed by atoms with Gasteiger partial charge in [0, 0.05) is 5.25 Å². The van der Waals surface area contributed by atoms with Gasteiger partial charge in [0.2, 0.25) is 0 Å². The molecule has 4 nitrogen and oxygen atoms in total. The minimum atomic E-state index is -3.67. The molecule has 0 aliphatic heterocycles. The largest absolute Gasteiger partial charge is 0.469 e. The topological polar surface area (TPSA) is 60.4 Å². The minimum Gasteiger partial charge on any atom is -0.469 e. The number of esters is 1. The van der Waals surface area contributed by atoms with Crippen molar-refractivity contribution < 1.29 is 17.9 Å². The zero-order valence-corrected chi connectivity index (χ0v) is 14.4. The van der Waals surface area contributed by atoms with Crippen LogP contribution in [0.25, 0.3) is 0 Å². The van der Waals surface area contributed by atoms with Crippen LogP contribution in [0.4, 0.5) is 0 Å². The van der Waals surface area contributed by atoms with Gasteiger partial charge in [-0.2, -0.15) is 12.6 Å². The van der Waals surface area contributed by atoms with Crippen LogP contribution in [0.3, 0.4) is 0 Å². The Morgan fingerprint density at radius 1 is 1.24 bits per heavy atom. The molecule has 0 spiro atoms. The summed E-state index contributed by atoms with van der Waals surface area (Å²) in [6, 6.07) is 8.13. The van der Waals surface area contributed by atoms with Crippen LogP contribution >= 0.6 is 12.6 Å². The molecule has 0 heterocycles. The Bertz CT molecular complexity index is 573. The number of methoxy groups -OCH3 is 1. The maximum absolute atomic E-state index is 12.8. The first kappa shape index (κ1) is 18.0. The van der Waals surface area contributed by atoms with Gasteiger partial charge in [-0.15, -0.1) is 0 Å². The van der Waals surface area contributed by atoms with Crippen molar-refractivity contribution in [3.05, 3.63) is 30.3 Å². The number of carbonyl (C=O) groups excluding carboxylic acids is 1. The van der Waals surface area contributed by atoms with Crippen LogP contribution in [-0.4, -0.2) is 32.0 Å². The average molecular weight is 330 g/mol. The standard InChI is InChI=1S/C15H22O4S2/c1-15(2,3)14(20)12(10-13(16)19-4)21(17,18)11-8-6-5-7-9-11/h5-9,12,14,20H,10H2,1-4H3. The van der Waals surface area contributed by atoms with E-state index in [-0.39, 0.29) is 16.7 Å². The van der Waals surface area contributed by atoms with Crippen molar-refractivity contribution in [2.24, 2.45) is 5.41 Å². The van der Waals surface area contributed by atoms with Crippen LogP contribution in [0.2, 0.25) is 0 Å². The molecule has 0 fully saturated rings. The zero-order chi connectivity index (χ0) is 16.3. The van der Waals surface area contributed by atoms with Gasteiger partial charge in [0.15, 0.2) is 9.84 Å². The van der Waals surface area contributed by atoms with E-state index in [0.29, 0.717) is 0 Å². The lowest BCUT2D eigenvalue weighted by molar-refractivity contribution is -0.140. The molecule has 2 atom stereocenters. The highest BCUT2D eigenvalue weighted by atomic mass is 32.2. The van der Waals surface area contributed by atoms with Gasteiger partial charge in [0.1, 0.15) is 0 Å². The SMILES string of the molecule is COC(=O)CC(C(S)C(C)(C)C)S(=O)(=O)c1ccccc1. The summed E-state index contributed by atoms with van der Waals surface area (Å²) in [4.78, 5) is 11.8. The van der Waals surface area contributed by atoms with Gasteiger partial charge in [-0.3, -0.25) is 4.79 Å². The monoisotopic (exact) mass is 330 g/mol. The molecule has 0 bridgehead atoms. The number of hydrogen-bond acceptors (Lipinski definition) is 5. The molecule has 1 aromatic rings. The Labute approximate surface area is 132 Å². The number of benzene rings is 1. The van der Waals surface area contributed by atoms with Crippen molar-refractivity contribution in [2.45, 2.75) is 42.6 Å². The fourth-order valence-corrected chi connectivity index (χ4v) is 4.56. The number of hydrogen-bond donors (Lipinski definition) is 1. The molecule has 21 heavy (non-hydrogen) atoms. The Balaban J connectivity index is 3.27. The van der Waals surface area contributed by atoms with Crippen LogP contribution in [0.15, 0.2) is 35.2 Å². The maximum Gasteiger partial charge on any atom is 0.306 e. The quantitative estimate of drug-likeness (QED) is 0.666. The third-order valence-electron chi connectivity index (χ3n) is 3.31. The molecule has 0 radical (unpaired) electrons. The molecule has 118 valence electrons.